The molecule has 0 fully saturated rings. The molecule has 0 saturated carbocycles. The van der Waals surface area contributed by atoms with Crippen molar-refractivity contribution < 1.29 is 14.3 Å². The van der Waals surface area contributed by atoms with Crippen molar-refractivity contribution in [2.75, 3.05) is 12.4 Å². The normalized spacial score (nSPS) is 15.2. The molecule has 0 radical (unpaired) electrons. The maximum atomic E-state index is 13.1. The molecule has 1 aromatic heterocycles. The van der Waals surface area contributed by atoms with E-state index >= 15 is 0 Å². The van der Waals surface area contributed by atoms with Gasteiger partial charge in [0.25, 0.3) is 5.56 Å². The highest BCUT2D eigenvalue weighted by molar-refractivity contribution is 7.98. The van der Waals surface area contributed by atoms with Crippen molar-refractivity contribution >= 4 is 23.5 Å². The van der Waals surface area contributed by atoms with Gasteiger partial charge in [0.15, 0.2) is 16.7 Å². The fourth-order valence-corrected chi connectivity index (χ4v) is 4.61. The summed E-state index contributed by atoms with van der Waals surface area (Å²) in [7, 11) is 1.57. The Hall–Kier alpha value is -3.26. The lowest BCUT2D eigenvalue weighted by molar-refractivity contribution is -0.116. The minimum absolute atomic E-state index is 0.00573. The molecule has 0 spiro atoms. The Morgan fingerprint density at radius 1 is 1.12 bits per heavy atom. The van der Waals surface area contributed by atoms with Gasteiger partial charge in [0, 0.05) is 18.1 Å². The first-order valence-corrected chi connectivity index (χ1v) is 11.8. The van der Waals surface area contributed by atoms with Crippen LogP contribution in [0.15, 0.2) is 52.4 Å². The quantitative estimate of drug-likeness (QED) is 0.390. The highest BCUT2D eigenvalue weighted by Gasteiger charge is 2.31. The number of anilines is 1. The maximum absolute atomic E-state index is 13.1. The number of hydrogen-bond acceptors (Lipinski definition) is 6. The van der Waals surface area contributed by atoms with Gasteiger partial charge in [-0.3, -0.25) is 9.59 Å². The SMILES string of the molecule is COc1cc([C@@H]2CC(=O)Nc3nc(SCc4ccc(C)cc4)[nH]c(=O)c32)ccc1OC(C)C. The van der Waals surface area contributed by atoms with E-state index in [0.717, 1.165) is 11.1 Å². The molecule has 1 amide bonds. The predicted octanol–water partition coefficient (Wildman–Crippen LogP) is 4.64. The smallest absolute Gasteiger partial charge is 0.257 e. The summed E-state index contributed by atoms with van der Waals surface area (Å²) in [5.41, 5.74) is 3.32. The zero-order chi connectivity index (χ0) is 23.5. The van der Waals surface area contributed by atoms with Crippen LogP contribution in [-0.2, 0) is 10.5 Å². The van der Waals surface area contributed by atoms with E-state index in [1.807, 2.05) is 39.0 Å². The number of amides is 1. The number of hydrogen-bond donors (Lipinski definition) is 2. The van der Waals surface area contributed by atoms with Gasteiger partial charge in [-0.1, -0.05) is 47.7 Å². The number of nitrogens with one attached hydrogen (secondary N) is 2. The number of thioether (sulfide) groups is 1. The highest BCUT2D eigenvalue weighted by Crippen LogP contribution is 2.38. The van der Waals surface area contributed by atoms with E-state index in [4.69, 9.17) is 9.47 Å². The van der Waals surface area contributed by atoms with Crippen LogP contribution >= 0.6 is 11.8 Å². The Kier molecular flexibility index (Phi) is 6.74. The second-order valence-corrected chi connectivity index (χ2v) is 9.25. The third-order valence-electron chi connectivity index (χ3n) is 5.38. The summed E-state index contributed by atoms with van der Waals surface area (Å²) in [6, 6.07) is 13.7. The molecule has 33 heavy (non-hydrogen) atoms. The Balaban J connectivity index is 1.64. The van der Waals surface area contributed by atoms with Crippen molar-refractivity contribution in [2.45, 2.75) is 50.1 Å². The van der Waals surface area contributed by atoms with Crippen molar-refractivity contribution in [2.24, 2.45) is 0 Å². The molecule has 1 atom stereocenters. The van der Waals surface area contributed by atoms with E-state index < -0.39 is 5.92 Å². The van der Waals surface area contributed by atoms with Crippen molar-refractivity contribution in [1.82, 2.24) is 9.97 Å². The number of methoxy groups -OCH3 is 1. The standard InChI is InChI=1S/C25H27N3O4S/c1-14(2)32-19-10-9-17(11-20(19)31-4)18-12-21(29)26-23-22(18)24(30)28-25(27-23)33-13-16-7-5-15(3)6-8-16/h5-11,14,18H,12-13H2,1-4H3,(H2,26,27,28,29,30)/t18-/m0/s1. The molecular formula is C25H27N3O4S. The van der Waals surface area contributed by atoms with Crippen molar-refractivity contribution in [3.63, 3.8) is 0 Å². The molecule has 0 aliphatic carbocycles. The van der Waals surface area contributed by atoms with E-state index in [1.165, 1.54) is 17.3 Å². The number of aromatic nitrogens is 2. The van der Waals surface area contributed by atoms with Crippen LogP contribution in [0.25, 0.3) is 0 Å². The molecule has 0 bridgehead atoms. The first-order valence-electron chi connectivity index (χ1n) is 10.8. The number of benzene rings is 2. The summed E-state index contributed by atoms with van der Waals surface area (Å²) in [5, 5.41) is 3.24. The van der Waals surface area contributed by atoms with Gasteiger partial charge >= 0.3 is 0 Å². The average Bonchev–Trinajstić information content (AvgIpc) is 2.77. The minimum atomic E-state index is -0.428. The van der Waals surface area contributed by atoms with Crippen molar-refractivity contribution in [3.05, 3.63) is 75.1 Å². The summed E-state index contributed by atoms with van der Waals surface area (Å²) in [4.78, 5) is 33.0. The van der Waals surface area contributed by atoms with Crippen LogP contribution in [0.3, 0.4) is 0 Å². The lowest BCUT2D eigenvalue weighted by Gasteiger charge is -2.25. The summed E-state index contributed by atoms with van der Waals surface area (Å²) < 4.78 is 11.3. The molecule has 1 aliphatic heterocycles. The molecule has 2 N–H and O–H groups in total. The van der Waals surface area contributed by atoms with E-state index in [1.54, 1.807) is 7.11 Å². The molecular weight excluding hydrogens is 438 g/mol. The molecule has 2 aromatic carbocycles. The molecule has 2 heterocycles. The monoisotopic (exact) mass is 465 g/mol. The lowest BCUT2D eigenvalue weighted by atomic mass is 9.86. The Bertz CT molecular complexity index is 1220. The zero-order valence-electron chi connectivity index (χ0n) is 19.1. The Morgan fingerprint density at radius 3 is 2.58 bits per heavy atom. The van der Waals surface area contributed by atoms with E-state index in [-0.39, 0.29) is 24.0 Å². The number of nitrogens with zero attached hydrogens (tertiary/aromatic N) is 1. The van der Waals surface area contributed by atoms with Crippen LogP contribution in [0, 0.1) is 6.92 Å². The number of rotatable bonds is 7. The first-order chi connectivity index (χ1) is 15.8. The number of ether oxygens (including phenoxy) is 2. The minimum Gasteiger partial charge on any atom is -0.493 e. The van der Waals surface area contributed by atoms with Crippen LogP contribution in [0.5, 0.6) is 11.5 Å². The second kappa shape index (κ2) is 9.70. The Labute approximate surface area is 196 Å². The molecule has 7 nitrogen and oxygen atoms in total. The largest absolute Gasteiger partial charge is 0.493 e. The van der Waals surface area contributed by atoms with Crippen molar-refractivity contribution in [1.29, 1.82) is 0 Å². The molecule has 8 heteroatoms. The summed E-state index contributed by atoms with van der Waals surface area (Å²) in [6.07, 6.45) is 0.148. The maximum Gasteiger partial charge on any atom is 0.257 e. The molecule has 0 unspecified atom stereocenters. The average molecular weight is 466 g/mol. The first kappa shape index (κ1) is 22.9. The number of H-pyrrole nitrogens is 1. The number of aryl methyl sites for hydroxylation is 1. The lowest BCUT2D eigenvalue weighted by Crippen LogP contribution is -2.31. The topological polar surface area (TPSA) is 93.3 Å². The number of fused-ring (bicyclic) bond motifs is 1. The summed E-state index contributed by atoms with van der Waals surface area (Å²) in [5.74, 6) is 1.54. The second-order valence-electron chi connectivity index (χ2n) is 8.29. The van der Waals surface area contributed by atoms with Crippen LogP contribution in [0.4, 0.5) is 5.82 Å². The van der Waals surface area contributed by atoms with E-state index in [0.29, 0.717) is 33.8 Å². The van der Waals surface area contributed by atoms with Gasteiger partial charge in [-0.25, -0.2) is 4.98 Å². The number of aromatic amines is 1. The van der Waals surface area contributed by atoms with Gasteiger partial charge in [0.2, 0.25) is 5.91 Å². The van der Waals surface area contributed by atoms with Crippen LogP contribution in [0.1, 0.15) is 48.4 Å². The van der Waals surface area contributed by atoms with Crippen LogP contribution in [0.2, 0.25) is 0 Å². The molecule has 4 rings (SSSR count). The third-order valence-corrected chi connectivity index (χ3v) is 6.32. The van der Waals surface area contributed by atoms with Crippen LogP contribution in [-0.4, -0.2) is 29.1 Å². The fourth-order valence-electron chi connectivity index (χ4n) is 3.79. The molecule has 0 saturated heterocycles. The van der Waals surface area contributed by atoms with Crippen molar-refractivity contribution in [3.8, 4) is 11.5 Å². The molecule has 1 aliphatic rings. The van der Waals surface area contributed by atoms with Gasteiger partial charge in [-0.2, -0.15) is 0 Å². The van der Waals surface area contributed by atoms with E-state index in [2.05, 4.69) is 39.6 Å². The van der Waals surface area contributed by atoms with Gasteiger partial charge in [0.05, 0.1) is 18.8 Å². The van der Waals surface area contributed by atoms with Crippen LogP contribution < -0.4 is 20.3 Å². The van der Waals surface area contributed by atoms with Gasteiger partial charge in [0.1, 0.15) is 5.82 Å². The Morgan fingerprint density at radius 2 is 1.88 bits per heavy atom. The predicted molar refractivity (Wildman–Crippen MR) is 129 cm³/mol. The van der Waals surface area contributed by atoms with Gasteiger partial charge in [-0.15, -0.1) is 0 Å². The van der Waals surface area contributed by atoms with E-state index in [9.17, 15) is 9.59 Å². The zero-order valence-corrected chi connectivity index (χ0v) is 19.9. The highest BCUT2D eigenvalue weighted by atomic mass is 32.2. The van der Waals surface area contributed by atoms with Gasteiger partial charge in [-0.05, 0) is 44.0 Å². The third kappa shape index (κ3) is 5.22. The number of carbonyl (C=O) groups is 1. The van der Waals surface area contributed by atoms with Gasteiger partial charge < -0.3 is 19.8 Å². The summed E-state index contributed by atoms with van der Waals surface area (Å²) >= 11 is 1.42. The molecule has 172 valence electrons. The summed E-state index contributed by atoms with van der Waals surface area (Å²) in [6.45, 7) is 5.92. The molecule has 3 aromatic rings. The fraction of sp³-hybridized carbons (Fsp3) is 0.320. The number of carbonyl (C=O) groups excluding carboxylic acids is 1.